The van der Waals surface area contributed by atoms with Crippen molar-refractivity contribution in [3.8, 4) is 0 Å². The predicted octanol–water partition coefficient (Wildman–Crippen LogP) is 1.45. The van der Waals surface area contributed by atoms with Crippen molar-refractivity contribution in [3.63, 3.8) is 0 Å². The van der Waals surface area contributed by atoms with Gasteiger partial charge in [-0.3, -0.25) is 9.59 Å². The highest BCUT2D eigenvalue weighted by atomic mass is 32.2. The maximum absolute atomic E-state index is 12.4. The molecule has 7 nitrogen and oxygen atoms in total. The summed E-state index contributed by atoms with van der Waals surface area (Å²) in [5.74, 6) is -1.05. The summed E-state index contributed by atoms with van der Waals surface area (Å²) < 4.78 is 31.5. The van der Waals surface area contributed by atoms with Crippen molar-refractivity contribution in [1.29, 1.82) is 0 Å². The van der Waals surface area contributed by atoms with Crippen molar-refractivity contribution in [3.05, 3.63) is 41.7 Å². The van der Waals surface area contributed by atoms with Crippen molar-refractivity contribution in [2.24, 2.45) is 0 Å². The number of nitrogens with one attached hydrogen (secondary N) is 1. The van der Waals surface area contributed by atoms with Crippen molar-refractivity contribution >= 4 is 33.2 Å². The first-order valence-corrected chi connectivity index (χ1v) is 9.17. The molecule has 1 aliphatic heterocycles. The van der Waals surface area contributed by atoms with Crippen LogP contribution in [0.5, 0.6) is 0 Å². The number of sulfonamides is 1. The first-order chi connectivity index (χ1) is 10.8. The van der Waals surface area contributed by atoms with Gasteiger partial charge in [-0.2, -0.15) is 0 Å². The van der Waals surface area contributed by atoms with E-state index in [1.54, 1.807) is 17.5 Å². The molecule has 3 rings (SSSR count). The molecule has 9 heteroatoms. The van der Waals surface area contributed by atoms with Gasteiger partial charge in [0.2, 0.25) is 0 Å². The van der Waals surface area contributed by atoms with E-state index in [4.69, 9.17) is 4.42 Å². The van der Waals surface area contributed by atoms with Crippen LogP contribution in [-0.4, -0.2) is 37.2 Å². The van der Waals surface area contributed by atoms with E-state index in [9.17, 15) is 18.0 Å². The van der Waals surface area contributed by atoms with Gasteiger partial charge < -0.3 is 9.32 Å². The van der Waals surface area contributed by atoms with Crippen LogP contribution in [0.3, 0.4) is 0 Å². The Labute approximate surface area is 137 Å². The van der Waals surface area contributed by atoms with Crippen LogP contribution in [0.25, 0.3) is 0 Å². The van der Waals surface area contributed by atoms with Gasteiger partial charge in [0.15, 0.2) is 5.76 Å². The van der Waals surface area contributed by atoms with Crippen LogP contribution < -0.4 is 4.72 Å². The molecule has 2 aromatic rings. The molecule has 0 aromatic carbocycles. The summed E-state index contributed by atoms with van der Waals surface area (Å²) in [6.07, 6.45) is 1.75. The molecule has 1 fully saturated rings. The third-order valence-corrected chi connectivity index (χ3v) is 6.60. The first-order valence-electron chi connectivity index (χ1n) is 6.81. The quantitative estimate of drug-likeness (QED) is 0.896. The second kappa shape index (κ2) is 5.50. The highest BCUT2D eigenvalue weighted by Gasteiger charge is 2.51. The van der Waals surface area contributed by atoms with Crippen LogP contribution in [0.4, 0.5) is 0 Å². The van der Waals surface area contributed by atoms with Crippen LogP contribution >= 0.6 is 11.3 Å². The van der Waals surface area contributed by atoms with Gasteiger partial charge in [-0.15, -0.1) is 11.3 Å². The average Bonchev–Trinajstić information content (AvgIpc) is 3.17. The van der Waals surface area contributed by atoms with E-state index in [-0.39, 0.29) is 9.97 Å². The summed E-state index contributed by atoms with van der Waals surface area (Å²) in [6, 6.07) is 6.07. The molecule has 2 amide bonds. The zero-order chi connectivity index (χ0) is 16.7. The number of carbonyl (C=O) groups excluding carboxylic acids is 2. The molecule has 1 N–H and O–H groups in total. The lowest BCUT2D eigenvalue weighted by Gasteiger charge is -2.48. The molecule has 1 unspecified atom stereocenters. The second-order valence-electron chi connectivity index (χ2n) is 5.32. The Balaban J connectivity index is 1.78. The highest BCUT2D eigenvalue weighted by Crippen LogP contribution is 2.33. The van der Waals surface area contributed by atoms with Gasteiger partial charge in [-0.05, 0) is 36.9 Å². The zero-order valence-corrected chi connectivity index (χ0v) is 13.8. The molecule has 0 saturated carbocycles. The summed E-state index contributed by atoms with van der Waals surface area (Å²) in [7, 11) is -3.92. The standard InChI is InChI=1S/C14H14N2O5S2/c1-14(6-7-16(14)12(17)10-4-2-8-21-10)13(18)15-23(19,20)11-5-3-9-22-11/h2-5,8-9H,6-7H2,1H3,(H,15,18). The number of furan rings is 1. The van der Waals surface area contributed by atoms with Crippen LogP contribution in [0.2, 0.25) is 0 Å². The Morgan fingerprint density at radius 2 is 2.13 bits per heavy atom. The van der Waals surface area contributed by atoms with E-state index in [1.807, 2.05) is 0 Å². The molecule has 1 saturated heterocycles. The monoisotopic (exact) mass is 354 g/mol. The fraction of sp³-hybridized carbons (Fsp3) is 0.286. The van der Waals surface area contributed by atoms with Crippen LogP contribution in [0.1, 0.15) is 23.9 Å². The van der Waals surface area contributed by atoms with Gasteiger partial charge in [0.25, 0.3) is 21.8 Å². The van der Waals surface area contributed by atoms with Gasteiger partial charge in [0, 0.05) is 6.54 Å². The number of amides is 2. The number of hydrogen-bond acceptors (Lipinski definition) is 6. The largest absolute Gasteiger partial charge is 0.459 e. The maximum atomic E-state index is 12.4. The van der Waals surface area contributed by atoms with Crippen molar-refractivity contribution < 1.29 is 22.4 Å². The Kier molecular flexibility index (Phi) is 3.77. The minimum atomic E-state index is -3.92. The third kappa shape index (κ3) is 2.66. The van der Waals surface area contributed by atoms with Crippen LogP contribution in [-0.2, 0) is 14.8 Å². The summed E-state index contributed by atoms with van der Waals surface area (Å²) in [6.45, 7) is 1.90. The third-order valence-electron chi connectivity index (χ3n) is 3.87. The molecule has 0 spiro atoms. The highest BCUT2D eigenvalue weighted by molar-refractivity contribution is 7.92. The number of likely N-dealkylation sites (tertiary alicyclic amines) is 1. The normalized spacial score (nSPS) is 20.8. The molecule has 122 valence electrons. The van der Waals surface area contributed by atoms with Gasteiger partial charge in [-0.1, -0.05) is 6.07 Å². The number of thiophene rings is 1. The molecule has 1 atom stereocenters. The van der Waals surface area contributed by atoms with E-state index < -0.39 is 27.4 Å². The zero-order valence-electron chi connectivity index (χ0n) is 12.2. The molecule has 0 radical (unpaired) electrons. The lowest BCUT2D eigenvalue weighted by molar-refractivity contribution is -0.135. The van der Waals surface area contributed by atoms with E-state index in [1.165, 1.54) is 30.2 Å². The molecule has 23 heavy (non-hydrogen) atoms. The van der Waals surface area contributed by atoms with Crippen molar-refractivity contribution in [1.82, 2.24) is 9.62 Å². The number of rotatable bonds is 4. The van der Waals surface area contributed by atoms with E-state index in [0.717, 1.165) is 11.3 Å². The van der Waals surface area contributed by atoms with Crippen molar-refractivity contribution in [2.75, 3.05) is 6.54 Å². The Morgan fingerprint density at radius 1 is 1.35 bits per heavy atom. The molecule has 0 aliphatic carbocycles. The summed E-state index contributed by atoms with van der Waals surface area (Å²) in [5, 5.41) is 1.61. The number of hydrogen-bond donors (Lipinski definition) is 1. The van der Waals surface area contributed by atoms with Gasteiger partial charge in [0.1, 0.15) is 9.75 Å². The van der Waals surface area contributed by atoms with E-state index in [0.29, 0.717) is 13.0 Å². The molecule has 2 aromatic heterocycles. The molecule has 3 heterocycles. The lowest BCUT2D eigenvalue weighted by Crippen LogP contribution is -2.67. The second-order valence-corrected chi connectivity index (χ2v) is 8.18. The van der Waals surface area contributed by atoms with E-state index in [2.05, 4.69) is 4.72 Å². The van der Waals surface area contributed by atoms with Gasteiger partial charge in [0.05, 0.1) is 6.26 Å². The Bertz CT molecular complexity index is 827. The maximum Gasteiger partial charge on any atom is 0.290 e. The van der Waals surface area contributed by atoms with Crippen LogP contribution in [0.15, 0.2) is 44.5 Å². The van der Waals surface area contributed by atoms with Crippen molar-refractivity contribution in [2.45, 2.75) is 23.1 Å². The number of carbonyl (C=O) groups is 2. The van der Waals surface area contributed by atoms with Gasteiger partial charge in [-0.25, -0.2) is 13.1 Å². The molecule has 0 bridgehead atoms. The lowest BCUT2D eigenvalue weighted by atomic mass is 9.85. The fourth-order valence-electron chi connectivity index (χ4n) is 2.35. The summed E-state index contributed by atoms with van der Waals surface area (Å²) in [5.41, 5.74) is -1.21. The summed E-state index contributed by atoms with van der Waals surface area (Å²) >= 11 is 1.01. The predicted molar refractivity (Wildman–Crippen MR) is 82.4 cm³/mol. The smallest absolute Gasteiger partial charge is 0.290 e. The van der Waals surface area contributed by atoms with E-state index >= 15 is 0 Å². The Morgan fingerprint density at radius 3 is 2.65 bits per heavy atom. The molecule has 1 aliphatic rings. The number of nitrogens with zero attached hydrogens (tertiary/aromatic N) is 1. The first kappa shape index (κ1) is 15.8. The summed E-state index contributed by atoms with van der Waals surface area (Å²) in [4.78, 5) is 26.1. The minimum Gasteiger partial charge on any atom is -0.459 e. The molecular formula is C14H14N2O5S2. The fourth-order valence-corrected chi connectivity index (χ4v) is 4.42. The minimum absolute atomic E-state index is 0.0534. The Hall–Kier alpha value is -2.13. The molecular weight excluding hydrogens is 340 g/mol. The average molecular weight is 354 g/mol. The SMILES string of the molecule is CC1(C(=O)NS(=O)(=O)c2cccs2)CCN1C(=O)c1ccco1. The topological polar surface area (TPSA) is 96.7 Å². The van der Waals surface area contributed by atoms with Gasteiger partial charge >= 0.3 is 0 Å². The van der Waals surface area contributed by atoms with Crippen LogP contribution in [0, 0.1) is 0 Å².